The maximum atomic E-state index is 14.3. The number of halogens is 1. The van der Waals surface area contributed by atoms with Gasteiger partial charge in [-0.05, 0) is 32.9 Å². The fraction of sp³-hybridized carbons (Fsp3) is 0.353. The third kappa shape index (κ3) is 4.14. The van der Waals surface area contributed by atoms with Crippen molar-refractivity contribution in [3.8, 4) is 0 Å². The summed E-state index contributed by atoms with van der Waals surface area (Å²) in [6, 6.07) is 3.59. The lowest BCUT2D eigenvalue weighted by Crippen LogP contribution is -2.32. The largest absolute Gasteiger partial charge is 0.361 e. The van der Waals surface area contributed by atoms with Crippen LogP contribution in [-0.4, -0.2) is 35.6 Å². The predicted octanol–water partition coefficient (Wildman–Crippen LogP) is 2.84. The Bertz CT molecular complexity index is 769. The van der Waals surface area contributed by atoms with Crippen molar-refractivity contribution in [1.82, 2.24) is 15.4 Å². The van der Waals surface area contributed by atoms with Crippen LogP contribution in [0.25, 0.3) is 0 Å². The van der Waals surface area contributed by atoms with Crippen LogP contribution in [-0.2, 0) is 6.54 Å². The lowest BCUT2D eigenvalue weighted by atomic mass is 10.1. The molecule has 1 heterocycles. The van der Waals surface area contributed by atoms with Gasteiger partial charge in [-0.3, -0.25) is 4.79 Å². The number of benzene rings is 1. The number of aromatic nitrogens is 1. The van der Waals surface area contributed by atoms with Gasteiger partial charge in [-0.2, -0.15) is 0 Å². The van der Waals surface area contributed by atoms with Crippen molar-refractivity contribution in [2.24, 2.45) is 0 Å². The Morgan fingerprint density at radius 3 is 2.64 bits per heavy atom. The summed E-state index contributed by atoms with van der Waals surface area (Å²) in [6.45, 7) is 5.91. The minimum atomic E-state index is -0.704. The van der Waals surface area contributed by atoms with Crippen LogP contribution >= 0.6 is 0 Å². The molecule has 3 amide bonds. The van der Waals surface area contributed by atoms with Crippen LogP contribution in [0.2, 0.25) is 0 Å². The quantitative estimate of drug-likeness (QED) is 0.870. The van der Waals surface area contributed by atoms with Gasteiger partial charge in [-0.1, -0.05) is 11.2 Å². The van der Waals surface area contributed by atoms with Gasteiger partial charge >= 0.3 is 6.03 Å². The van der Waals surface area contributed by atoms with Crippen molar-refractivity contribution >= 4 is 17.6 Å². The van der Waals surface area contributed by atoms with Gasteiger partial charge in [0, 0.05) is 19.2 Å². The standard InChI is InChI=1S/C17H21FN4O3/c1-5-19-17(24)20-14-8-6-7-13(18)15(14)16(23)22(4)9-12-10(2)21-25-11(12)3/h6-8H,5,9H2,1-4H3,(H2,19,20,24). The Balaban J connectivity index is 2.27. The molecule has 1 aromatic heterocycles. The molecule has 0 saturated carbocycles. The van der Waals surface area contributed by atoms with Crippen LogP contribution in [0.1, 0.15) is 34.3 Å². The lowest BCUT2D eigenvalue weighted by Gasteiger charge is -2.19. The molecule has 0 saturated heterocycles. The predicted molar refractivity (Wildman–Crippen MR) is 90.9 cm³/mol. The zero-order valence-corrected chi connectivity index (χ0v) is 14.6. The van der Waals surface area contributed by atoms with Crippen molar-refractivity contribution in [1.29, 1.82) is 0 Å². The van der Waals surface area contributed by atoms with Gasteiger partial charge in [-0.15, -0.1) is 0 Å². The fourth-order valence-electron chi connectivity index (χ4n) is 2.40. The highest BCUT2D eigenvalue weighted by atomic mass is 19.1. The first-order valence-electron chi connectivity index (χ1n) is 7.85. The Kier molecular flexibility index (Phi) is 5.74. The summed E-state index contributed by atoms with van der Waals surface area (Å²) in [6.07, 6.45) is 0. The van der Waals surface area contributed by atoms with Crippen molar-refractivity contribution in [3.05, 3.63) is 46.6 Å². The van der Waals surface area contributed by atoms with Gasteiger partial charge < -0.3 is 20.1 Å². The van der Waals surface area contributed by atoms with Crippen LogP contribution in [0.3, 0.4) is 0 Å². The number of anilines is 1. The minimum Gasteiger partial charge on any atom is -0.361 e. The Morgan fingerprint density at radius 2 is 2.04 bits per heavy atom. The second kappa shape index (κ2) is 7.78. The van der Waals surface area contributed by atoms with Crippen LogP contribution in [0.5, 0.6) is 0 Å². The van der Waals surface area contributed by atoms with E-state index in [1.54, 1.807) is 27.8 Å². The number of nitrogens with one attached hydrogen (secondary N) is 2. The minimum absolute atomic E-state index is 0.113. The van der Waals surface area contributed by atoms with E-state index in [2.05, 4.69) is 15.8 Å². The molecular formula is C17H21FN4O3. The van der Waals surface area contributed by atoms with E-state index in [4.69, 9.17) is 4.52 Å². The van der Waals surface area contributed by atoms with E-state index in [1.807, 2.05) is 0 Å². The summed E-state index contributed by atoms with van der Waals surface area (Å²) in [7, 11) is 1.55. The number of amides is 3. The molecule has 0 aliphatic carbocycles. The highest BCUT2D eigenvalue weighted by Gasteiger charge is 2.23. The zero-order valence-electron chi connectivity index (χ0n) is 14.6. The molecule has 0 bridgehead atoms. The maximum absolute atomic E-state index is 14.3. The molecule has 0 aliphatic heterocycles. The smallest absolute Gasteiger partial charge is 0.319 e. The number of carbonyl (C=O) groups is 2. The monoisotopic (exact) mass is 348 g/mol. The molecule has 0 radical (unpaired) electrons. The normalized spacial score (nSPS) is 10.4. The number of hydrogen-bond acceptors (Lipinski definition) is 4. The fourth-order valence-corrected chi connectivity index (χ4v) is 2.40. The first kappa shape index (κ1) is 18.4. The summed E-state index contributed by atoms with van der Waals surface area (Å²) in [5, 5.41) is 8.89. The number of urea groups is 1. The van der Waals surface area contributed by atoms with Gasteiger partial charge in [0.25, 0.3) is 5.91 Å². The van der Waals surface area contributed by atoms with E-state index >= 15 is 0 Å². The summed E-state index contributed by atoms with van der Waals surface area (Å²) < 4.78 is 19.4. The number of carbonyl (C=O) groups excluding carboxylic acids is 2. The number of nitrogens with zero attached hydrogens (tertiary/aromatic N) is 2. The molecule has 134 valence electrons. The van der Waals surface area contributed by atoms with Crippen molar-refractivity contribution in [2.45, 2.75) is 27.3 Å². The van der Waals surface area contributed by atoms with E-state index < -0.39 is 17.8 Å². The van der Waals surface area contributed by atoms with Gasteiger partial charge in [0.05, 0.1) is 23.5 Å². The highest BCUT2D eigenvalue weighted by Crippen LogP contribution is 2.22. The van der Waals surface area contributed by atoms with Crippen LogP contribution < -0.4 is 10.6 Å². The van der Waals surface area contributed by atoms with E-state index in [0.717, 1.165) is 5.56 Å². The summed E-state index contributed by atoms with van der Waals surface area (Å²) in [4.78, 5) is 25.8. The van der Waals surface area contributed by atoms with E-state index in [0.29, 0.717) is 18.0 Å². The van der Waals surface area contributed by atoms with Crippen LogP contribution in [0.4, 0.5) is 14.9 Å². The average Bonchev–Trinajstić information content (AvgIpc) is 2.86. The van der Waals surface area contributed by atoms with Gasteiger partial charge in [0.15, 0.2) is 0 Å². The topological polar surface area (TPSA) is 87.5 Å². The Hall–Kier alpha value is -2.90. The molecule has 7 nitrogen and oxygen atoms in total. The van der Waals surface area contributed by atoms with E-state index in [1.165, 1.54) is 23.1 Å². The zero-order chi connectivity index (χ0) is 18.6. The molecule has 0 aliphatic rings. The van der Waals surface area contributed by atoms with E-state index in [-0.39, 0.29) is 17.8 Å². The molecule has 2 N–H and O–H groups in total. The second-order valence-corrected chi connectivity index (χ2v) is 5.61. The highest BCUT2D eigenvalue weighted by molar-refractivity contribution is 6.03. The number of rotatable bonds is 5. The first-order valence-corrected chi connectivity index (χ1v) is 7.85. The molecule has 2 rings (SSSR count). The summed E-state index contributed by atoms with van der Waals surface area (Å²) >= 11 is 0. The SMILES string of the molecule is CCNC(=O)Nc1cccc(F)c1C(=O)N(C)Cc1c(C)noc1C. The molecule has 8 heteroatoms. The molecule has 0 atom stereocenters. The molecule has 25 heavy (non-hydrogen) atoms. The molecule has 0 unspecified atom stereocenters. The molecular weight excluding hydrogens is 327 g/mol. The van der Waals surface area contributed by atoms with Crippen molar-refractivity contribution in [2.75, 3.05) is 18.9 Å². The molecule has 1 aromatic carbocycles. The van der Waals surface area contributed by atoms with Crippen molar-refractivity contribution in [3.63, 3.8) is 0 Å². The summed E-state index contributed by atoms with van der Waals surface area (Å²) in [5.41, 5.74) is 1.36. The van der Waals surface area contributed by atoms with Crippen molar-refractivity contribution < 1.29 is 18.5 Å². The third-order valence-corrected chi connectivity index (χ3v) is 3.74. The molecule has 2 aromatic rings. The molecule has 0 fully saturated rings. The average molecular weight is 348 g/mol. The number of hydrogen-bond donors (Lipinski definition) is 2. The van der Waals surface area contributed by atoms with E-state index in [9.17, 15) is 14.0 Å². The number of aryl methyl sites for hydroxylation is 2. The molecule has 0 spiro atoms. The lowest BCUT2D eigenvalue weighted by molar-refractivity contribution is 0.0781. The third-order valence-electron chi connectivity index (χ3n) is 3.74. The van der Waals surface area contributed by atoms with Gasteiger partial charge in [-0.25, -0.2) is 9.18 Å². The first-order chi connectivity index (χ1) is 11.8. The maximum Gasteiger partial charge on any atom is 0.319 e. The van der Waals surface area contributed by atoms with Crippen LogP contribution in [0, 0.1) is 19.7 Å². The Morgan fingerprint density at radius 1 is 1.32 bits per heavy atom. The second-order valence-electron chi connectivity index (χ2n) is 5.61. The Labute approximate surface area is 145 Å². The summed E-state index contributed by atoms with van der Waals surface area (Å²) in [5.74, 6) is -0.652. The van der Waals surface area contributed by atoms with Gasteiger partial charge in [0.1, 0.15) is 11.6 Å². The van der Waals surface area contributed by atoms with Crippen LogP contribution in [0.15, 0.2) is 22.7 Å². The van der Waals surface area contributed by atoms with Gasteiger partial charge in [0.2, 0.25) is 0 Å².